The highest BCUT2D eigenvalue weighted by atomic mass is 32.1. The third kappa shape index (κ3) is 3.82. The molecule has 0 radical (unpaired) electrons. The number of carbonyl (C=O) groups is 1. The van der Waals surface area contributed by atoms with Crippen LogP contribution in [0.25, 0.3) is 10.2 Å². The third-order valence-electron chi connectivity index (χ3n) is 3.30. The van der Waals surface area contributed by atoms with E-state index in [1.165, 1.54) is 11.3 Å². The van der Waals surface area contributed by atoms with Crippen molar-refractivity contribution in [1.29, 1.82) is 5.26 Å². The maximum absolute atomic E-state index is 11.6. The van der Waals surface area contributed by atoms with E-state index in [0.717, 1.165) is 10.2 Å². The number of fused-ring (bicyclic) bond motifs is 1. The maximum atomic E-state index is 11.6. The minimum atomic E-state index is -0.371. The SMILES string of the molecule is CCOC(=O)c1ccc(N/N=C(/C#N)c2nc3ccccc3s2)cc1. The molecule has 0 saturated carbocycles. The number of nitrogens with one attached hydrogen (secondary N) is 1. The van der Waals surface area contributed by atoms with Crippen molar-refractivity contribution in [1.82, 2.24) is 4.98 Å². The van der Waals surface area contributed by atoms with Crippen LogP contribution in [0.1, 0.15) is 22.3 Å². The summed E-state index contributed by atoms with van der Waals surface area (Å²) in [5, 5.41) is 14.0. The minimum absolute atomic E-state index is 0.204. The zero-order valence-electron chi connectivity index (χ0n) is 13.4. The fourth-order valence-electron chi connectivity index (χ4n) is 2.11. The first-order valence-electron chi connectivity index (χ1n) is 7.58. The Hall–Kier alpha value is -3.24. The summed E-state index contributed by atoms with van der Waals surface area (Å²) in [7, 11) is 0. The van der Waals surface area contributed by atoms with Crippen molar-refractivity contribution in [2.45, 2.75) is 6.92 Å². The van der Waals surface area contributed by atoms with Gasteiger partial charge in [-0.2, -0.15) is 10.4 Å². The molecule has 0 spiro atoms. The monoisotopic (exact) mass is 350 g/mol. The Morgan fingerprint density at radius 2 is 2.04 bits per heavy atom. The lowest BCUT2D eigenvalue weighted by atomic mass is 10.2. The van der Waals surface area contributed by atoms with E-state index in [0.29, 0.717) is 22.9 Å². The number of rotatable bonds is 5. The average Bonchev–Trinajstić information content (AvgIpc) is 3.07. The van der Waals surface area contributed by atoms with Crippen molar-refractivity contribution in [3.05, 3.63) is 59.1 Å². The molecule has 124 valence electrons. The topological polar surface area (TPSA) is 87.4 Å². The molecule has 0 bridgehead atoms. The van der Waals surface area contributed by atoms with Gasteiger partial charge in [-0.3, -0.25) is 5.43 Å². The summed E-state index contributed by atoms with van der Waals surface area (Å²) in [5.41, 5.74) is 4.97. The summed E-state index contributed by atoms with van der Waals surface area (Å²) < 4.78 is 5.93. The molecule has 7 heteroatoms. The minimum Gasteiger partial charge on any atom is -0.462 e. The van der Waals surface area contributed by atoms with Crippen molar-refractivity contribution in [2.24, 2.45) is 5.10 Å². The van der Waals surface area contributed by atoms with Gasteiger partial charge in [0, 0.05) is 0 Å². The van der Waals surface area contributed by atoms with Gasteiger partial charge < -0.3 is 4.74 Å². The number of hydrogen-bond donors (Lipinski definition) is 1. The van der Waals surface area contributed by atoms with Gasteiger partial charge in [-0.05, 0) is 43.3 Å². The van der Waals surface area contributed by atoms with E-state index >= 15 is 0 Å². The van der Waals surface area contributed by atoms with Crippen LogP contribution in [0.5, 0.6) is 0 Å². The highest BCUT2D eigenvalue weighted by Crippen LogP contribution is 2.22. The number of para-hydroxylation sites is 1. The van der Waals surface area contributed by atoms with Gasteiger partial charge in [-0.25, -0.2) is 9.78 Å². The summed E-state index contributed by atoms with van der Waals surface area (Å²) in [6, 6.07) is 16.4. The molecule has 0 aliphatic heterocycles. The molecule has 0 aliphatic carbocycles. The Morgan fingerprint density at radius 3 is 2.72 bits per heavy atom. The average molecular weight is 350 g/mol. The molecule has 0 fully saturated rings. The summed E-state index contributed by atoms with van der Waals surface area (Å²) in [6.45, 7) is 2.09. The summed E-state index contributed by atoms with van der Waals surface area (Å²) in [6.07, 6.45) is 0. The third-order valence-corrected chi connectivity index (χ3v) is 4.34. The second-order valence-electron chi connectivity index (χ2n) is 4.97. The molecule has 0 amide bonds. The van der Waals surface area contributed by atoms with Gasteiger partial charge in [0.25, 0.3) is 0 Å². The number of aromatic nitrogens is 1. The number of thiazole rings is 1. The summed E-state index contributed by atoms with van der Waals surface area (Å²) >= 11 is 1.41. The van der Waals surface area contributed by atoms with Gasteiger partial charge in [0.1, 0.15) is 6.07 Å². The molecular formula is C18H14N4O2S. The number of esters is 1. The molecule has 0 atom stereocenters. The molecule has 3 rings (SSSR count). The van der Waals surface area contributed by atoms with Crippen molar-refractivity contribution in [3.63, 3.8) is 0 Å². The molecule has 0 aliphatic rings. The van der Waals surface area contributed by atoms with E-state index in [9.17, 15) is 10.1 Å². The molecule has 0 saturated heterocycles. The van der Waals surface area contributed by atoms with Gasteiger partial charge in [0.2, 0.25) is 0 Å². The summed E-state index contributed by atoms with van der Waals surface area (Å²) in [4.78, 5) is 16.0. The highest BCUT2D eigenvalue weighted by molar-refractivity contribution is 7.20. The second kappa shape index (κ2) is 7.55. The summed E-state index contributed by atoms with van der Waals surface area (Å²) in [5.74, 6) is -0.371. The normalized spacial score (nSPS) is 11.1. The predicted molar refractivity (Wildman–Crippen MR) is 97.8 cm³/mol. The standard InChI is InChI=1S/C18H14N4O2S/c1-2-24-18(23)12-7-9-13(10-8-12)21-22-15(11-19)17-20-14-5-3-4-6-16(14)25-17/h3-10,21H,2H2,1H3/b22-15-. The van der Waals surface area contributed by atoms with Crippen LogP contribution in [0, 0.1) is 11.3 Å². The highest BCUT2D eigenvalue weighted by Gasteiger charge is 2.10. The fraction of sp³-hybridized carbons (Fsp3) is 0.111. The molecule has 2 aromatic carbocycles. The number of hydrazone groups is 1. The van der Waals surface area contributed by atoms with Crippen LogP contribution in [0.15, 0.2) is 53.6 Å². The van der Waals surface area contributed by atoms with E-state index in [4.69, 9.17) is 4.74 Å². The zero-order valence-corrected chi connectivity index (χ0v) is 14.2. The smallest absolute Gasteiger partial charge is 0.338 e. The Morgan fingerprint density at radius 1 is 1.28 bits per heavy atom. The van der Waals surface area contributed by atoms with Crippen molar-refractivity contribution >= 4 is 38.9 Å². The molecule has 1 heterocycles. The lowest BCUT2D eigenvalue weighted by molar-refractivity contribution is 0.0526. The molecular weight excluding hydrogens is 336 g/mol. The molecule has 6 nitrogen and oxygen atoms in total. The van der Waals surface area contributed by atoms with Crippen LogP contribution in [-0.4, -0.2) is 23.3 Å². The molecule has 25 heavy (non-hydrogen) atoms. The van der Waals surface area contributed by atoms with E-state index in [-0.39, 0.29) is 11.7 Å². The predicted octanol–water partition coefficient (Wildman–Crippen LogP) is 3.81. The molecule has 3 aromatic rings. The number of hydrogen-bond acceptors (Lipinski definition) is 7. The number of nitriles is 1. The number of anilines is 1. The van der Waals surface area contributed by atoms with Crippen LogP contribution < -0.4 is 5.43 Å². The van der Waals surface area contributed by atoms with E-state index in [2.05, 4.69) is 21.6 Å². The van der Waals surface area contributed by atoms with Crippen molar-refractivity contribution in [3.8, 4) is 6.07 Å². The first-order valence-corrected chi connectivity index (χ1v) is 8.40. The number of ether oxygens (including phenoxy) is 1. The maximum Gasteiger partial charge on any atom is 0.338 e. The van der Waals surface area contributed by atoms with Crippen LogP contribution in [0.2, 0.25) is 0 Å². The zero-order chi connectivity index (χ0) is 17.6. The fourth-order valence-corrected chi connectivity index (χ4v) is 3.01. The Bertz CT molecular complexity index is 938. The molecule has 0 unspecified atom stereocenters. The first-order chi connectivity index (χ1) is 12.2. The number of benzene rings is 2. The Kier molecular flexibility index (Phi) is 5.02. The van der Waals surface area contributed by atoms with Gasteiger partial charge in [0.05, 0.1) is 28.1 Å². The largest absolute Gasteiger partial charge is 0.462 e. The second-order valence-corrected chi connectivity index (χ2v) is 6.00. The lowest BCUT2D eigenvalue weighted by Gasteiger charge is -2.03. The Labute approximate surface area is 148 Å². The van der Waals surface area contributed by atoms with E-state index in [1.807, 2.05) is 24.3 Å². The molecule has 1 aromatic heterocycles. The van der Waals surface area contributed by atoms with Crippen molar-refractivity contribution < 1.29 is 9.53 Å². The molecule has 1 N–H and O–H groups in total. The Balaban J connectivity index is 1.77. The van der Waals surface area contributed by atoms with Crippen LogP contribution in [-0.2, 0) is 4.74 Å². The van der Waals surface area contributed by atoms with Gasteiger partial charge >= 0.3 is 5.97 Å². The van der Waals surface area contributed by atoms with Crippen LogP contribution in [0.4, 0.5) is 5.69 Å². The van der Waals surface area contributed by atoms with Gasteiger partial charge in [-0.1, -0.05) is 12.1 Å². The lowest BCUT2D eigenvalue weighted by Crippen LogP contribution is -2.05. The van der Waals surface area contributed by atoms with E-state index in [1.54, 1.807) is 31.2 Å². The quantitative estimate of drug-likeness (QED) is 0.429. The van der Waals surface area contributed by atoms with Gasteiger partial charge in [0.15, 0.2) is 10.7 Å². The van der Waals surface area contributed by atoms with Crippen LogP contribution >= 0.6 is 11.3 Å². The van der Waals surface area contributed by atoms with Gasteiger partial charge in [-0.15, -0.1) is 11.3 Å². The van der Waals surface area contributed by atoms with Crippen molar-refractivity contribution in [2.75, 3.05) is 12.0 Å². The number of carbonyl (C=O) groups excluding carboxylic acids is 1. The number of nitrogens with zero attached hydrogens (tertiary/aromatic N) is 3. The van der Waals surface area contributed by atoms with Crippen LogP contribution in [0.3, 0.4) is 0 Å². The van der Waals surface area contributed by atoms with E-state index < -0.39 is 0 Å². The first kappa shape index (κ1) is 16.6.